The molecule has 0 atom stereocenters. The summed E-state index contributed by atoms with van der Waals surface area (Å²) < 4.78 is 7.67. The zero-order valence-electron chi connectivity index (χ0n) is 20.5. The lowest BCUT2D eigenvalue weighted by atomic mass is 9.84. The fourth-order valence-electron chi connectivity index (χ4n) is 5.36. The summed E-state index contributed by atoms with van der Waals surface area (Å²) in [6.07, 6.45) is 7.72. The van der Waals surface area contributed by atoms with Gasteiger partial charge in [-0.25, -0.2) is 9.97 Å². The number of ether oxygens (including phenoxy) is 1. The Morgan fingerprint density at radius 2 is 1.86 bits per heavy atom. The molecule has 10 heteroatoms. The zero-order valence-corrected chi connectivity index (χ0v) is 21.3. The van der Waals surface area contributed by atoms with E-state index in [-0.39, 0.29) is 12.4 Å². The molecule has 9 nitrogen and oxygen atoms in total. The van der Waals surface area contributed by atoms with Crippen LogP contribution in [0.5, 0.6) is 5.88 Å². The molecule has 1 saturated carbocycles. The molecule has 3 aromatic rings. The van der Waals surface area contributed by atoms with Gasteiger partial charge in [0.25, 0.3) is 0 Å². The predicted molar refractivity (Wildman–Crippen MR) is 138 cm³/mol. The first kappa shape index (κ1) is 24.1. The summed E-state index contributed by atoms with van der Waals surface area (Å²) in [6, 6.07) is 4.42. The third-order valence-electron chi connectivity index (χ3n) is 7.40. The quantitative estimate of drug-likeness (QED) is 0.556. The van der Waals surface area contributed by atoms with Crippen molar-refractivity contribution >= 4 is 29.7 Å². The number of fused-ring (bicyclic) bond motifs is 2. The first-order chi connectivity index (χ1) is 16.4. The van der Waals surface area contributed by atoms with E-state index >= 15 is 0 Å². The van der Waals surface area contributed by atoms with Crippen LogP contribution in [0.15, 0.2) is 12.1 Å². The van der Waals surface area contributed by atoms with Crippen LogP contribution in [0.25, 0.3) is 17.0 Å². The molecule has 1 aliphatic carbocycles. The molecule has 2 aliphatic heterocycles. The monoisotopic (exact) mass is 499 g/mol. The van der Waals surface area contributed by atoms with Crippen LogP contribution < -0.4 is 15.0 Å². The van der Waals surface area contributed by atoms with E-state index in [0.717, 1.165) is 91.7 Å². The van der Waals surface area contributed by atoms with E-state index in [1.54, 1.807) is 0 Å². The molecule has 0 amide bonds. The molecule has 5 heterocycles. The lowest BCUT2D eigenvalue weighted by molar-refractivity contribution is 0.0196. The van der Waals surface area contributed by atoms with Crippen molar-refractivity contribution in [3.63, 3.8) is 0 Å². The fourth-order valence-corrected chi connectivity index (χ4v) is 5.36. The number of aryl methyl sites for hydroxylation is 2. The van der Waals surface area contributed by atoms with E-state index < -0.39 is 5.60 Å². The predicted octanol–water partition coefficient (Wildman–Crippen LogP) is 3.95. The van der Waals surface area contributed by atoms with Crippen LogP contribution in [0.2, 0.25) is 0 Å². The smallest absolute Gasteiger partial charge is 0.236 e. The van der Waals surface area contributed by atoms with Crippen molar-refractivity contribution in [3.8, 4) is 17.3 Å². The standard InChI is InChI=1S/C25H33N7O2.ClH/c1-16-23(29-24-18(26-16)6-5-13-34-24)19-14-21-28-20(31-11-3-4-12-31)15-22(32(21)30-19)27-17-7-9-25(2,33)10-8-17;/h14-15,17,27,33H,3-13H2,1-2H3;1H/t17-,25-;. The van der Waals surface area contributed by atoms with Crippen LogP contribution in [0, 0.1) is 6.92 Å². The zero-order chi connectivity index (χ0) is 23.3. The molecule has 0 unspecified atom stereocenters. The van der Waals surface area contributed by atoms with Crippen molar-refractivity contribution in [2.24, 2.45) is 0 Å². The maximum absolute atomic E-state index is 10.4. The second kappa shape index (κ2) is 9.43. The number of hydrogen-bond donors (Lipinski definition) is 2. The van der Waals surface area contributed by atoms with E-state index in [4.69, 9.17) is 24.8 Å². The first-order valence-electron chi connectivity index (χ1n) is 12.6. The highest BCUT2D eigenvalue weighted by molar-refractivity contribution is 5.85. The summed E-state index contributed by atoms with van der Waals surface area (Å²) in [7, 11) is 0. The van der Waals surface area contributed by atoms with Crippen molar-refractivity contribution in [1.82, 2.24) is 24.6 Å². The van der Waals surface area contributed by atoms with Crippen LogP contribution in [0.3, 0.4) is 0 Å². The Balaban J connectivity index is 0.00000253. The molecular weight excluding hydrogens is 466 g/mol. The average molecular weight is 500 g/mol. The topological polar surface area (TPSA) is 101 Å². The van der Waals surface area contributed by atoms with Gasteiger partial charge in [0.1, 0.15) is 28.7 Å². The number of hydrogen-bond acceptors (Lipinski definition) is 8. The minimum absolute atomic E-state index is 0. The SMILES string of the molecule is Cc1nc2c(nc1-c1cc3nc(N4CCCC4)cc(N[C@H]4CC[C@](C)(O)CC4)n3n1)OCCC2.Cl. The Kier molecular flexibility index (Phi) is 6.48. The van der Waals surface area contributed by atoms with E-state index in [9.17, 15) is 5.11 Å². The number of nitrogens with one attached hydrogen (secondary N) is 1. The number of nitrogens with zero attached hydrogens (tertiary/aromatic N) is 6. The molecule has 0 radical (unpaired) electrons. The Morgan fingerprint density at radius 1 is 1.09 bits per heavy atom. The fraction of sp³-hybridized carbons (Fsp3) is 0.600. The van der Waals surface area contributed by atoms with Gasteiger partial charge in [0.15, 0.2) is 5.65 Å². The van der Waals surface area contributed by atoms with Gasteiger partial charge in [0.05, 0.1) is 17.9 Å². The number of aliphatic hydroxyl groups is 1. The van der Waals surface area contributed by atoms with Gasteiger partial charge in [-0.15, -0.1) is 12.4 Å². The molecule has 1 saturated heterocycles. The summed E-state index contributed by atoms with van der Waals surface area (Å²) >= 11 is 0. The maximum Gasteiger partial charge on any atom is 0.236 e. The second-order valence-electron chi connectivity index (χ2n) is 10.3. The number of anilines is 2. The van der Waals surface area contributed by atoms with Crippen molar-refractivity contribution in [1.29, 1.82) is 0 Å². The first-order valence-corrected chi connectivity index (χ1v) is 12.6. The Morgan fingerprint density at radius 3 is 2.63 bits per heavy atom. The van der Waals surface area contributed by atoms with E-state index in [0.29, 0.717) is 18.5 Å². The lowest BCUT2D eigenvalue weighted by Gasteiger charge is -2.34. The summed E-state index contributed by atoms with van der Waals surface area (Å²) in [5.74, 6) is 2.55. The van der Waals surface area contributed by atoms with Crippen LogP contribution in [0.4, 0.5) is 11.6 Å². The average Bonchev–Trinajstić information content (AvgIpc) is 3.50. The number of rotatable bonds is 4. The van der Waals surface area contributed by atoms with Gasteiger partial charge in [0.2, 0.25) is 5.88 Å². The van der Waals surface area contributed by atoms with Gasteiger partial charge in [-0.1, -0.05) is 0 Å². The summed E-state index contributed by atoms with van der Waals surface area (Å²) in [4.78, 5) is 16.9. The molecule has 3 aliphatic rings. The highest BCUT2D eigenvalue weighted by Gasteiger charge is 2.29. The molecule has 0 aromatic carbocycles. The highest BCUT2D eigenvalue weighted by atomic mass is 35.5. The minimum atomic E-state index is -0.559. The Hall–Kier alpha value is -2.65. The molecule has 2 N–H and O–H groups in total. The van der Waals surface area contributed by atoms with Crippen molar-refractivity contribution in [3.05, 3.63) is 23.5 Å². The highest BCUT2D eigenvalue weighted by Crippen LogP contribution is 2.32. The molecule has 6 rings (SSSR count). The minimum Gasteiger partial charge on any atom is -0.476 e. The molecule has 35 heavy (non-hydrogen) atoms. The van der Waals surface area contributed by atoms with Crippen LogP contribution in [0.1, 0.15) is 63.3 Å². The van der Waals surface area contributed by atoms with Crippen molar-refractivity contribution in [2.75, 3.05) is 29.9 Å². The molecule has 2 fully saturated rings. The van der Waals surface area contributed by atoms with Gasteiger partial charge in [0, 0.05) is 31.3 Å². The van der Waals surface area contributed by atoms with E-state index in [1.807, 2.05) is 24.4 Å². The van der Waals surface area contributed by atoms with Gasteiger partial charge in [-0.05, 0) is 65.2 Å². The van der Waals surface area contributed by atoms with E-state index in [2.05, 4.69) is 16.3 Å². The third-order valence-corrected chi connectivity index (χ3v) is 7.40. The van der Waals surface area contributed by atoms with Gasteiger partial charge in [-0.2, -0.15) is 9.61 Å². The lowest BCUT2D eigenvalue weighted by Crippen LogP contribution is -2.36. The Labute approximate surface area is 211 Å². The van der Waals surface area contributed by atoms with Crippen molar-refractivity contribution in [2.45, 2.75) is 76.9 Å². The molecular formula is C25H34ClN7O2. The largest absolute Gasteiger partial charge is 0.476 e. The third kappa shape index (κ3) is 4.76. The molecule has 3 aromatic heterocycles. The van der Waals surface area contributed by atoms with Crippen molar-refractivity contribution < 1.29 is 9.84 Å². The van der Waals surface area contributed by atoms with Crippen LogP contribution >= 0.6 is 12.4 Å². The van der Waals surface area contributed by atoms with Crippen LogP contribution in [-0.4, -0.2) is 61.0 Å². The normalized spacial score (nSPS) is 24.1. The summed E-state index contributed by atoms with van der Waals surface area (Å²) in [5.41, 5.74) is 3.52. The van der Waals surface area contributed by atoms with Crippen LogP contribution in [-0.2, 0) is 6.42 Å². The molecule has 0 spiro atoms. The maximum atomic E-state index is 10.4. The summed E-state index contributed by atoms with van der Waals surface area (Å²) in [5, 5.41) is 19.0. The van der Waals surface area contributed by atoms with E-state index in [1.165, 1.54) is 12.8 Å². The number of halogens is 1. The van der Waals surface area contributed by atoms with Gasteiger partial charge >= 0.3 is 0 Å². The molecule has 188 valence electrons. The number of aromatic nitrogens is 5. The second-order valence-corrected chi connectivity index (χ2v) is 10.3. The van der Waals surface area contributed by atoms with Gasteiger partial charge < -0.3 is 20.1 Å². The molecule has 0 bridgehead atoms. The van der Waals surface area contributed by atoms with Gasteiger partial charge in [-0.3, -0.25) is 4.98 Å². The summed E-state index contributed by atoms with van der Waals surface area (Å²) in [6.45, 7) is 6.66. The Bertz CT molecular complexity index is 1210.